The van der Waals surface area contributed by atoms with Gasteiger partial charge in [0.05, 0.1) is 0 Å². The number of halogens is 1. The molecule has 1 heteroatoms. The van der Waals surface area contributed by atoms with Crippen molar-refractivity contribution in [3.63, 3.8) is 0 Å². The third-order valence-corrected chi connectivity index (χ3v) is 3.27. The monoisotopic (exact) mass is 251 g/mol. The maximum Gasteiger partial charge on any atom is 0.0251 e. The van der Waals surface area contributed by atoms with Gasteiger partial charge in [0, 0.05) is 10.4 Å². The molecule has 1 aromatic carbocycles. The van der Waals surface area contributed by atoms with Crippen LogP contribution in [0.4, 0.5) is 0 Å². The van der Waals surface area contributed by atoms with Crippen molar-refractivity contribution >= 4 is 15.9 Å². The van der Waals surface area contributed by atoms with Crippen LogP contribution < -0.4 is 0 Å². The highest BCUT2D eigenvalue weighted by Gasteiger charge is 2.11. The van der Waals surface area contributed by atoms with Gasteiger partial charge in [-0.05, 0) is 17.0 Å². The van der Waals surface area contributed by atoms with Crippen LogP contribution in [-0.2, 0) is 0 Å². The average molecular weight is 252 g/mol. The smallest absolute Gasteiger partial charge is 0.0251 e. The first-order valence-electron chi connectivity index (χ1n) is 4.82. The van der Waals surface area contributed by atoms with Gasteiger partial charge in [-0.1, -0.05) is 61.0 Å². The van der Waals surface area contributed by atoms with Crippen LogP contribution in [0.25, 0.3) is 0 Å². The Hall–Kier alpha value is -0.560. The molecular weight excluding hydrogens is 236 g/mol. The number of rotatable bonds is 3. The zero-order valence-corrected chi connectivity index (χ0v) is 10.6. The van der Waals surface area contributed by atoms with Crippen LogP contribution in [0.5, 0.6) is 0 Å². The summed E-state index contributed by atoms with van der Waals surface area (Å²) in [5, 5.41) is 0. The van der Waals surface area contributed by atoms with Crippen molar-refractivity contribution in [2.24, 2.45) is 0 Å². The normalized spacial score (nSPS) is 11.0. The molecule has 0 aromatic heterocycles. The van der Waals surface area contributed by atoms with Gasteiger partial charge in [-0.15, -0.1) is 6.58 Å². The molecule has 0 heterocycles. The molecule has 0 nitrogen and oxygen atoms in total. The summed E-state index contributed by atoms with van der Waals surface area (Å²) in [5.74, 6) is 1.75. The maximum atomic E-state index is 3.79. The van der Waals surface area contributed by atoms with Gasteiger partial charge < -0.3 is 0 Å². The summed E-state index contributed by atoms with van der Waals surface area (Å²) >= 11 is 3.65. The van der Waals surface area contributed by atoms with E-state index in [9.17, 15) is 0 Å². The van der Waals surface area contributed by atoms with Crippen molar-refractivity contribution in [2.45, 2.75) is 26.7 Å². The van der Waals surface area contributed by atoms with Crippen LogP contribution in [0.3, 0.4) is 0 Å². The van der Waals surface area contributed by atoms with Gasteiger partial charge >= 0.3 is 0 Å². The number of hydrogen-bond acceptors (Lipinski definition) is 0. The molecule has 1 radical (unpaired) electrons. The van der Waals surface area contributed by atoms with E-state index in [-0.39, 0.29) is 0 Å². The van der Waals surface area contributed by atoms with Crippen LogP contribution in [0.2, 0.25) is 0 Å². The van der Waals surface area contributed by atoms with Crippen molar-refractivity contribution in [2.75, 3.05) is 0 Å². The summed E-state index contributed by atoms with van der Waals surface area (Å²) in [7, 11) is 0. The van der Waals surface area contributed by atoms with E-state index in [4.69, 9.17) is 0 Å². The van der Waals surface area contributed by atoms with E-state index >= 15 is 0 Å². The molecule has 0 saturated heterocycles. The molecule has 1 aromatic rings. The lowest BCUT2D eigenvalue weighted by atomic mass is 9.95. The fourth-order valence-corrected chi connectivity index (χ4v) is 2.45. The second-order valence-electron chi connectivity index (χ2n) is 3.75. The van der Waals surface area contributed by atoms with Gasteiger partial charge in [0.25, 0.3) is 0 Å². The molecule has 0 N–H and O–H groups in total. The molecule has 0 aliphatic rings. The highest BCUT2D eigenvalue weighted by atomic mass is 79.9. The minimum absolute atomic E-state index is 0.543. The summed E-state index contributed by atoms with van der Waals surface area (Å²) in [5.41, 5.74) is 2.59. The summed E-state index contributed by atoms with van der Waals surface area (Å²) in [6.45, 7) is 10.3. The standard InChI is InChI=1S/C13H16Br/c1-5-10(4)12-8-6-7-11(9(2)3)13(12)14/h5-9H,1H2,2-4H3. The lowest BCUT2D eigenvalue weighted by molar-refractivity contribution is 0.858. The molecule has 0 saturated carbocycles. The lowest BCUT2D eigenvalue weighted by Gasteiger charge is -2.14. The topological polar surface area (TPSA) is 0 Å². The first-order chi connectivity index (χ1) is 6.57. The van der Waals surface area contributed by atoms with Gasteiger partial charge in [0.1, 0.15) is 0 Å². The van der Waals surface area contributed by atoms with Crippen molar-refractivity contribution < 1.29 is 0 Å². The molecule has 14 heavy (non-hydrogen) atoms. The van der Waals surface area contributed by atoms with Crippen molar-refractivity contribution in [1.82, 2.24) is 0 Å². The molecule has 0 fully saturated rings. The Balaban J connectivity index is 3.20. The van der Waals surface area contributed by atoms with Gasteiger partial charge in [-0.25, -0.2) is 0 Å². The maximum absolute atomic E-state index is 3.79. The molecule has 75 valence electrons. The minimum atomic E-state index is 0.543. The van der Waals surface area contributed by atoms with Crippen LogP contribution in [-0.4, -0.2) is 0 Å². The zero-order chi connectivity index (χ0) is 10.7. The molecule has 0 atom stereocenters. The second-order valence-corrected chi connectivity index (χ2v) is 4.54. The average Bonchev–Trinajstić information content (AvgIpc) is 2.16. The Labute approximate surface area is 95.2 Å². The summed E-state index contributed by atoms with van der Waals surface area (Å²) in [6.07, 6.45) is 1.89. The summed E-state index contributed by atoms with van der Waals surface area (Å²) in [4.78, 5) is 0. The van der Waals surface area contributed by atoms with E-state index in [0.717, 1.165) is 0 Å². The van der Waals surface area contributed by atoms with Crippen molar-refractivity contribution in [1.29, 1.82) is 0 Å². The van der Waals surface area contributed by atoms with Gasteiger partial charge in [0.2, 0.25) is 0 Å². The SMILES string of the molecule is C=C[C](C)c1cccc(C(C)C)c1Br. The van der Waals surface area contributed by atoms with Crippen LogP contribution in [0, 0.1) is 5.92 Å². The Bertz CT molecular complexity index is 326. The molecule has 1 rings (SSSR count). The minimum Gasteiger partial charge on any atom is -0.102 e. The number of hydrogen-bond donors (Lipinski definition) is 0. The second kappa shape index (κ2) is 4.79. The molecule has 0 bridgehead atoms. The zero-order valence-electron chi connectivity index (χ0n) is 8.97. The fourth-order valence-electron chi connectivity index (χ4n) is 1.41. The highest BCUT2D eigenvalue weighted by Crippen LogP contribution is 2.31. The quantitative estimate of drug-likeness (QED) is 0.731. The Morgan fingerprint density at radius 2 is 2.07 bits per heavy atom. The predicted octanol–water partition coefficient (Wildman–Crippen LogP) is 4.70. The van der Waals surface area contributed by atoms with Crippen LogP contribution >= 0.6 is 15.9 Å². The first kappa shape index (κ1) is 11.5. The van der Waals surface area contributed by atoms with E-state index in [1.165, 1.54) is 21.5 Å². The van der Waals surface area contributed by atoms with Crippen LogP contribution in [0.15, 0.2) is 35.3 Å². The van der Waals surface area contributed by atoms with E-state index < -0.39 is 0 Å². The first-order valence-corrected chi connectivity index (χ1v) is 5.62. The third kappa shape index (κ3) is 2.27. The van der Waals surface area contributed by atoms with E-state index in [0.29, 0.717) is 5.92 Å². The van der Waals surface area contributed by atoms with E-state index in [1.54, 1.807) is 0 Å². The molecular formula is C13H16Br. The lowest BCUT2D eigenvalue weighted by Crippen LogP contribution is -1.97. The number of allylic oxidation sites excluding steroid dienone is 1. The fraction of sp³-hybridized carbons (Fsp3) is 0.308. The Kier molecular flexibility index (Phi) is 3.94. The summed E-state index contributed by atoms with van der Waals surface area (Å²) < 4.78 is 1.20. The van der Waals surface area contributed by atoms with Gasteiger partial charge in [0.15, 0.2) is 0 Å². The molecule has 0 spiro atoms. The molecule has 0 aliphatic heterocycles. The Morgan fingerprint density at radius 1 is 1.43 bits per heavy atom. The number of benzene rings is 1. The van der Waals surface area contributed by atoms with Gasteiger partial charge in [-0.3, -0.25) is 0 Å². The van der Waals surface area contributed by atoms with E-state index in [2.05, 4.69) is 61.5 Å². The highest BCUT2D eigenvalue weighted by molar-refractivity contribution is 9.10. The largest absolute Gasteiger partial charge is 0.102 e. The molecule has 0 unspecified atom stereocenters. The predicted molar refractivity (Wildman–Crippen MR) is 66.4 cm³/mol. The van der Waals surface area contributed by atoms with Crippen molar-refractivity contribution in [3.8, 4) is 0 Å². The van der Waals surface area contributed by atoms with Gasteiger partial charge in [-0.2, -0.15) is 0 Å². The third-order valence-electron chi connectivity index (χ3n) is 2.38. The van der Waals surface area contributed by atoms with Crippen LogP contribution in [0.1, 0.15) is 37.8 Å². The summed E-state index contributed by atoms with van der Waals surface area (Å²) in [6, 6.07) is 6.38. The Morgan fingerprint density at radius 3 is 2.57 bits per heavy atom. The van der Waals surface area contributed by atoms with E-state index in [1.807, 2.05) is 6.08 Å². The molecule has 0 amide bonds. The molecule has 0 aliphatic carbocycles. The van der Waals surface area contributed by atoms with Crippen molar-refractivity contribution in [3.05, 3.63) is 52.4 Å².